The molecule has 0 bridgehead atoms. The minimum Gasteiger partial charge on any atom is -0.507 e. The average Bonchev–Trinajstić information content (AvgIpc) is 2.46. The van der Waals surface area contributed by atoms with Crippen molar-refractivity contribution in [3.05, 3.63) is 48.0 Å². The minimum absolute atomic E-state index is 0.0276. The van der Waals surface area contributed by atoms with E-state index in [1.54, 1.807) is 6.07 Å². The van der Waals surface area contributed by atoms with Gasteiger partial charge in [0.05, 0.1) is 0 Å². The fourth-order valence-electron chi connectivity index (χ4n) is 2.17. The molecule has 2 rings (SSSR count). The van der Waals surface area contributed by atoms with Gasteiger partial charge in [-0.2, -0.15) is 0 Å². The molecule has 0 saturated heterocycles. The molecular weight excluding hydrogens is 252 g/mol. The molecule has 2 aromatic rings. The lowest BCUT2D eigenvalue weighted by atomic mass is 9.97. The second kappa shape index (κ2) is 6.24. The van der Waals surface area contributed by atoms with Gasteiger partial charge in [-0.25, -0.2) is 0 Å². The number of unbranched alkanes of at least 4 members (excludes halogenated alkanes) is 1. The molecule has 0 atom stereocenters. The molecule has 0 aliphatic heterocycles. The summed E-state index contributed by atoms with van der Waals surface area (Å²) < 4.78 is 0. The van der Waals surface area contributed by atoms with Crippen LogP contribution in [0.1, 0.15) is 36.5 Å². The molecule has 3 heteroatoms. The van der Waals surface area contributed by atoms with Crippen LogP contribution in [-0.4, -0.2) is 16.0 Å². The van der Waals surface area contributed by atoms with Gasteiger partial charge in [0.2, 0.25) is 0 Å². The third-order valence-corrected chi connectivity index (χ3v) is 3.28. The Labute approximate surface area is 118 Å². The maximum Gasteiger partial charge on any atom is 0.170 e. The van der Waals surface area contributed by atoms with Gasteiger partial charge in [-0.05, 0) is 24.1 Å². The van der Waals surface area contributed by atoms with Gasteiger partial charge in [-0.1, -0.05) is 43.7 Å². The zero-order chi connectivity index (χ0) is 14.5. The Kier molecular flexibility index (Phi) is 4.41. The zero-order valence-corrected chi connectivity index (χ0v) is 11.5. The number of phenolic OH excluding ortho intramolecular Hbond substituents is 2. The van der Waals surface area contributed by atoms with E-state index in [0.717, 1.165) is 18.4 Å². The van der Waals surface area contributed by atoms with E-state index in [1.165, 1.54) is 6.07 Å². The molecule has 0 aliphatic carbocycles. The van der Waals surface area contributed by atoms with Crippen molar-refractivity contribution in [3.8, 4) is 22.6 Å². The van der Waals surface area contributed by atoms with E-state index in [-0.39, 0.29) is 22.8 Å². The van der Waals surface area contributed by atoms with Gasteiger partial charge >= 0.3 is 0 Å². The summed E-state index contributed by atoms with van der Waals surface area (Å²) in [5.41, 5.74) is 1.40. The molecule has 0 heterocycles. The van der Waals surface area contributed by atoms with E-state index in [2.05, 4.69) is 0 Å². The normalized spacial score (nSPS) is 10.4. The summed E-state index contributed by atoms with van der Waals surface area (Å²) in [6.07, 6.45) is 1.97. The molecule has 2 N–H and O–H groups in total. The number of Topliss-reactive ketones (excluding diaryl/α,β-unsaturated/α-hetero) is 1. The van der Waals surface area contributed by atoms with Crippen LogP contribution in [0.5, 0.6) is 11.5 Å². The van der Waals surface area contributed by atoms with Crippen LogP contribution in [0.3, 0.4) is 0 Å². The zero-order valence-electron chi connectivity index (χ0n) is 11.5. The maximum absolute atomic E-state index is 12.1. The highest BCUT2D eigenvalue weighted by Crippen LogP contribution is 2.37. The van der Waals surface area contributed by atoms with Crippen molar-refractivity contribution < 1.29 is 15.0 Å². The maximum atomic E-state index is 12.1. The molecule has 0 spiro atoms. The number of benzene rings is 2. The van der Waals surface area contributed by atoms with Crippen molar-refractivity contribution >= 4 is 5.78 Å². The van der Waals surface area contributed by atoms with Crippen LogP contribution in [-0.2, 0) is 0 Å². The molecule has 0 amide bonds. The van der Waals surface area contributed by atoms with Crippen molar-refractivity contribution in [1.29, 1.82) is 0 Å². The van der Waals surface area contributed by atoms with Crippen LogP contribution < -0.4 is 0 Å². The molecule has 0 radical (unpaired) electrons. The smallest absolute Gasteiger partial charge is 0.170 e. The predicted octanol–water partition coefficient (Wildman–Crippen LogP) is 4.14. The Morgan fingerprint density at radius 3 is 2.40 bits per heavy atom. The third-order valence-electron chi connectivity index (χ3n) is 3.28. The minimum atomic E-state index is -0.223. The van der Waals surface area contributed by atoms with Crippen LogP contribution in [0.4, 0.5) is 0 Å². The van der Waals surface area contributed by atoms with E-state index >= 15 is 0 Å². The largest absolute Gasteiger partial charge is 0.507 e. The first kappa shape index (κ1) is 14.1. The van der Waals surface area contributed by atoms with Crippen LogP contribution in [0.15, 0.2) is 42.5 Å². The molecular formula is C17H18O3. The van der Waals surface area contributed by atoms with E-state index in [1.807, 2.05) is 37.3 Å². The summed E-state index contributed by atoms with van der Waals surface area (Å²) in [6, 6.07) is 12.4. The first-order chi connectivity index (χ1) is 9.65. The lowest BCUT2D eigenvalue weighted by molar-refractivity contribution is 0.0974. The van der Waals surface area contributed by atoms with Gasteiger partial charge in [0.25, 0.3) is 0 Å². The number of rotatable bonds is 5. The predicted molar refractivity (Wildman–Crippen MR) is 79.1 cm³/mol. The first-order valence-electron chi connectivity index (χ1n) is 6.78. The Morgan fingerprint density at radius 2 is 1.75 bits per heavy atom. The number of ketones is 1. The highest BCUT2D eigenvalue weighted by Gasteiger charge is 2.19. The van der Waals surface area contributed by atoms with E-state index in [0.29, 0.717) is 12.0 Å². The Hall–Kier alpha value is -2.29. The highest BCUT2D eigenvalue weighted by molar-refractivity contribution is 6.03. The van der Waals surface area contributed by atoms with Crippen LogP contribution in [0, 0.1) is 0 Å². The second-order valence-electron chi connectivity index (χ2n) is 4.75. The van der Waals surface area contributed by atoms with E-state index < -0.39 is 0 Å². The fraction of sp³-hybridized carbons (Fsp3) is 0.235. The van der Waals surface area contributed by atoms with Crippen molar-refractivity contribution in [3.63, 3.8) is 0 Å². The van der Waals surface area contributed by atoms with Gasteiger partial charge < -0.3 is 10.2 Å². The number of hydrogen-bond acceptors (Lipinski definition) is 3. The van der Waals surface area contributed by atoms with Gasteiger partial charge in [-0.15, -0.1) is 0 Å². The number of phenols is 2. The molecule has 104 valence electrons. The monoisotopic (exact) mass is 270 g/mol. The highest BCUT2D eigenvalue weighted by atomic mass is 16.3. The summed E-state index contributed by atoms with van der Waals surface area (Å²) >= 11 is 0. The Balaban J connectivity index is 2.45. The van der Waals surface area contributed by atoms with Crippen LogP contribution in [0.25, 0.3) is 11.1 Å². The number of hydrogen-bond donors (Lipinski definition) is 2. The topological polar surface area (TPSA) is 57.5 Å². The van der Waals surface area contributed by atoms with Gasteiger partial charge in [-0.3, -0.25) is 4.79 Å². The standard InChI is InChI=1S/C17H18O3/c1-2-3-9-14(18)16-15(19)11-10-13(17(16)20)12-7-5-4-6-8-12/h4-8,10-11,19-20H,2-3,9H2,1H3. The van der Waals surface area contributed by atoms with Crippen molar-refractivity contribution in [2.75, 3.05) is 0 Å². The second-order valence-corrected chi connectivity index (χ2v) is 4.75. The van der Waals surface area contributed by atoms with Gasteiger partial charge in [0.15, 0.2) is 5.78 Å². The number of aromatic hydroxyl groups is 2. The summed E-state index contributed by atoms with van der Waals surface area (Å²) in [5.74, 6) is -0.528. The van der Waals surface area contributed by atoms with Gasteiger partial charge in [0.1, 0.15) is 17.1 Å². The Morgan fingerprint density at radius 1 is 1.05 bits per heavy atom. The fourth-order valence-corrected chi connectivity index (χ4v) is 2.17. The quantitative estimate of drug-likeness (QED) is 0.803. The van der Waals surface area contributed by atoms with Gasteiger partial charge in [0, 0.05) is 12.0 Å². The summed E-state index contributed by atoms with van der Waals surface area (Å²) in [5, 5.41) is 20.2. The van der Waals surface area contributed by atoms with Crippen molar-refractivity contribution in [2.24, 2.45) is 0 Å². The number of carbonyl (C=O) groups excluding carboxylic acids is 1. The molecule has 0 fully saturated rings. The lowest BCUT2D eigenvalue weighted by Crippen LogP contribution is -2.01. The van der Waals surface area contributed by atoms with Crippen LogP contribution in [0.2, 0.25) is 0 Å². The van der Waals surface area contributed by atoms with E-state index in [4.69, 9.17) is 0 Å². The average molecular weight is 270 g/mol. The van der Waals surface area contributed by atoms with Crippen molar-refractivity contribution in [2.45, 2.75) is 26.2 Å². The molecule has 2 aromatic carbocycles. The van der Waals surface area contributed by atoms with E-state index in [9.17, 15) is 15.0 Å². The summed E-state index contributed by atoms with van der Waals surface area (Å²) in [4.78, 5) is 12.1. The molecule has 0 saturated carbocycles. The SMILES string of the molecule is CCCCC(=O)c1c(O)ccc(-c2ccccc2)c1O. The molecule has 0 aromatic heterocycles. The number of carbonyl (C=O) groups is 1. The van der Waals surface area contributed by atoms with Crippen molar-refractivity contribution in [1.82, 2.24) is 0 Å². The molecule has 3 nitrogen and oxygen atoms in total. The lowest BCUT2D eigenvalue weighted by Gasteiger charge is -2.11. The summed E-state index contributed by atoms with van der Waals surface area (Å²) in [6.45, 7) is 1.99. The molecule has 0 unspecified atom stereocenters. The Bertz CT molecular complexity index is 603. The third kappa shape index (κ3) is 2.82. The summed E-state index contributed by atoms with van der Waals surface area (Å²) in [7, 11) is 0. The molecule has 0 aliphatic rings. The first-order valence-corrected chi connectivity index (χ1v) is 6.78. The van der Waals surface area contributed by atoms with Crippen LogP contribution >= 0.6 is 0 Å². The molecule has 20 heavy (non-hydrogen) atoms.